The molecule has 1 nitrogen and oxygen atoms in total. The third-order valence-corrected chi connectivity index (χ3v) is 0.591. The van der Waals surface area contributed by atoms with Crippen molar-refractivity contribution < 1.29 is 4.74 Å². The van der Waals surface area contributed by atoms with Gasteiger partial charge in [0, 0.05) is 7.11 Å². The summed E-state index contributed by atoms with van der Waals surface area (Å²) in [5.41, 5.74) is 0. The van der Waals surface area contributed by atoms with E-state index in [-0.39, 0.29) is 0 Å². The zero-order chi connectivity index (χ0) is 5.54. The SMILES string of the molecule is C[CH]C=CCOC. The Labute approximate surface area is 45.0 Å². The van der Waals surface area contributed by atoms with Gasteiger partial charge >= 0.3 is 0 Å². The van der Waals surface area contributed by atoms with Gasteiger partial charge in [0.15, 0.2) is 0 Å². The summed E-state index contributed by atoms with van der Waals surface area (Å²) in [5, 5.41) is 0. The fraction of sp³-hybridized carbons (Fsp3) is 0.500. The minimum absolute atomic E-state index is 0.713. The zero-order valence-corrected chi connectivity index (χ0v) is 4.85. The molecular weight excluding hydrogens is 88.1 g/mol. The first kappa shape index (κ1) is 6.70. The number of hydrogen-bond acceptors (Lipinski definition) is 1. The summed E-state index contributed by atoms with van der Waals surface area (Å²) in [4.78, 5) is 0. The molecule has 0 aromatic rings. The van der Waals surface area contributed by atoms with Crippen molar-refractivity contribution in [3.05, 3.63) is 18.6 Å². The Morgan fingerprint density at radius 3 is 2.71 bits per heavy atom. The van der Waals surface area contributed by atoms with Crippen molar-refractivity contribution in [3.8, 4) is 0 Å². The molecule has 0 saturated carbocycles. The average molecular weight is 99.2 g/mol. The van der Waals surface area contributed by atoms with Crippen molar-refractivity contribution in [2.75, 3.05) is 13.7 Å². The van der Waals surface area contributed by atoms with Crippen LogP contribution in [0, 0.1) is 6.42 Å². The van der Waals surface area contributed by atoms with Gasteiger partial charge in [-0.15, -0.1) is 0 Å². The maximum atomic E-state index is 4.74. The quantitative estimate of drug-likeness (QED) is 0.520. The second kappa shape index (κ2) is 5.70. The molecule has 0 rings (SSSR count). The minimum atomic E-state index is 0.713. The van der Waals surface area contributed by atoms with Crippen LogP contribution in [0.1, 0.15) is 6.92 Å². The third-order valence-electron chi connectivity index (χ3n) is 0.591. The Hall–Kier alpha value is -0.300. The third kappa shape index (κ3) is 5.70. The Balaban J connectivity index is 2.78. The molecule has 0 saturated heterocycles. The van der Waals surface area contributed by atoms with Crippen LogP contribution in [0.3, 0.4) is 0 Å². The molecule has 0 aliphatic rings. The van der Waals surface area contributed by atoms with E-state index in [2.05, 4.69) is 0 Å². The summed E-state index contributed by atoms with van der Waals surface area (Å²) in [5.74, 6) is 0. The highest BCUT2D eigenvalue weighted by Gasteiger charge is 1.66. The van der Waals surface area contributed by atoms with Gasteiger partial charge in [0.2, 0.25) is 0 Å². The molecule has 0 aromatic carbocycles. The van der Waals surface area contributed by atoms with Crippen molar-refractivity contribution >= 4 is 0 Å². The Kier molecular flexibility index (Phi) is 5.46. The second-order valence-corrected chi connectivity index (χ2v) is 1.22. The average Bonchev–Trinajstić information content (AvgIpc) is 1.69. The summed E-state index contributed by atoms with van der Waals surface area (Å²) in [6, 6.07) is 0. The Morgan fingerprint density at radius 1 is 1.57 bits per heavy atom. The summed E-state index contributed by atoms with van der Waals surface area (Å²) in [6.45, 7) is 2.69. The van der Waals surface area contributed by atoms with E-state index in [0.717, 1.165) is 0 Å². The normalized spacial score (nSPS) is 10.6. The number of allylic oxidation sites excluding steroid dienone is 1. The summed E-state index contributed by atoms with van der Waals surface area (Å²) in [7, 11) is 1.68. The van der Waals surface area contributed by atoms with E-state index in [1.165, 1.54) is 0 Å². The molecule has 0 fully saturated rings. The fourth-order valence-corrected chi connectivity index (χ4v) is 0.288. The lowest BCUT2D eigenvalue weighted by atomic mass is 10.4. The van der Waals surface area contributed by atoms with Crippen molar-refractivity contribution in [2.45, 2.75) is 6.92 Å². The van der Waals surface area contributed by atoms with E-state index in [4.69, 9.17) is 4.74 Å². The van der Waals surface area contributed by atoms with Crippen LogP contribution in [0.15, 0.2) is 12.2 Å². The van der Waals surface area contributed by atoms with E-state index in [9.17, 15) is 0 Å². The highest BCUT2D eigenvalue weighted by Crippen LogP contribution is 1.76. The van der Waals surface area contributed by atoms with Gasteiger partial charge in [-0.1, -0.05) is 19.1 Å². The van der Waals surface area contributed by atoms with E-state index < -0.39 is 0 Å². The molecule has 0 aliphatic carbocycles. The van der Waals surface area contributed by atoms with Crippen LogP contribution in [0.25, 0.3) is 0 Å². The minimum Gasteiger partial charge on any atom is -0.381 e. The molecular formula is C6H11O. The number of ether oxygens (including phenoxy) is 1. The highest BCUT2D eigenvalue weighted by molar-refractivity contribution is 4.91. The fourth-order valence-electron chi connectivity index (χ4n) is 0.288. The molecule has 0 aliphatic heterocycles. The predicted molar refractivity (Wildman–Crippen MR) is 31.0 cm³/mol. The molecule has 0 bridgehead atoms. The van der Waals surface area contributed by atoms with Gasteiger partial charge in [0.05, 0.1) is 6.61 Å². The van der Waals surface area contributed by atoms with Gasteiger partial charge in [-0.3, -0.25) is 0 Å². The van der Waals surface area contributed by atoms with Crippen LogP contribution in [0.5, 0.6) is 0 Å². The van der Waals surface area contributed by atoms with E-state index in [1.54, 1.807) is 7.11 Å². The molecule has 0 N–H and O–H groups in total. The van der Waals surface area contributed by atoms with Gasteiger partial charge in [-0.2, -0.15) is 0 Å². The van der Waals surface area contributed by atoms with Crippen LogP contribution in [-0.2, 0) is 4.74 Å². The number of rotatable bonds is 3. The van der Waals surface area contributed by atoms with E-state index >= 15 is 0 Å². The largest absolute Gasteiger partial charge is 0.381 e. The summed E-state index contributed by atoms with van der Waals surface area (Å²) >= 11 is 0. The first-order valence-corrected chi connectivity index (χ1v) is 2.35. The van der Waals surface area contributed by atoms with Crippen molar-refractivity contribution in [1.29, 1.82) is 0 Å². The van der Waals surface area contributed by atoms with E-state index in [0.29, 0.717) is 6.61 Å². The molecule has 41 valence electrons. The number of methoxy groups -OCH3 is 1. The van der Waals surface area contributed by atoms with Crippen molar-refractivity contribution in [3.63, 3.8) is 0 Å². The molecule has 7 heavy (non-hydrogen) atoms. The van der Waals surface area contributed by atoms with Crippen LogP contribution in [0.2, 0.25) is 0 Å². The summed E-state index contributed by atoms with van der Waals surface area (Å²) < 4.78 is 4.74. The molecule has 0 aromatic heterocycles. The zero-order valence-electron chi connectivity index (χ0n) is 4.85. The molecule has 0 heterocycles. The monoisotopic (exact) mass is 99.1 g/mol. The van der Waals surface area contributed by atoms with Crippen molar-refractivity contribution in [2.24, 2.45) is 0 Å². The van der Waals surface area contributed by atoms with Crippen LogP contribution >= 0.6 is 0 Å². The second-order valence-electron chi connectivity index (χ2n) is 1.22. The molecule has 0 unspecified atom stereocenters. The van der Waals surface area contributed by atoms with Gasteiger partial charge in [0.1, 0.15) is 0 Å². The Bertz CT molecular complexity index is 48.1. The predicted octanol–water partition coefficient (Wildman–Crippen LogP) is 1.41. The maximum Gasteiger partial charge on any atom is 0.0643 e. The van der Waals surface area contributed by atoms with Gasteiger partial charge < -0.3 is 4.74 Å². The topological polar surface area (TPSA) is 9.23 Å². The first-order chi connectivity index (χ1) is 3.41. The van der Waals surface area contributed by atoms with E-state index in [1.807, 2.05) is 25.5 Å². The lowest BCUT2D eigenvalue weighted by Crippen LogP contribution is -1.78. The Morgan fingerprint density at radius 2 is 2.29 bits per heavy atom. The standard InChI is InChI=1S/C6H11O/c1-3-4-5-6-7-2/h3-5H,6H2,1-2H3. The molecule has 0 atom stereocenters. The van der Waals surface area contributed by atoms with Gasteiger partial charge in [-0.05, 0) is 6.42 Å². The molecule has 1 radical (unpaired) electrons. The lowest BCUT2D eigenvalue weighted by Gasteiger charge is -1.83. The number of hydrogen-bond donors (Lipinski definition) is 0. The smallest absolute Gasteiger partial charge is 0.0643 e. The van der Waals surface area contributed by atoms with Crippen LogP contribution in [0.4, 0.5) is 0 Å². The van der Waals surface area contributed by atoms with Crippen LogP contribution < -0.4 is 0 Å². The molecule has 0 amide bonds. The summed E-state index contributed by atoms with van der Waals surface area (Å²) in [6.07, 6.45) is 5.89. The van der Waals surface area contributed by atoms with Crippen LogP contribution in [-0.4, -0.2) is 13.7 Å². The van der Waals surface area contributed by atoms with Gasteiger partial charge in [0.25, 0.3) is 0 Å². The maximum absolute atomic E-state index is 4.74. The van der Waals surface area contributed by atoms with Gasteiger partial charge in [-0.25, -0.2) is 0 Å². The van der Waals surface area contributed by atoms with Crippen molar-refractivity contribution in [1.82, 2.24) is 0 Å². The molecule has 1 heteroatoms. The first-order valence-electron chi connectivity index (χ1n) is 2.35. The highest BCUT2D eigenvalue weighted by atomic mass is 16.5. The lowest BCUT2D eigenvalue weighted by molar-refractivity contribution is 0.234. The molecule has 0 spiro atoms.